The van der Waals surface area contributed by atoms with Crippen LogP contribution in [-0.2, 0) is 5.75 Å². The Hall–Kier alpha value is -2.14. The van der Waals surface area contributed by atoms with Crippen molar-refractivity contribution in [2.24, 2.45) is 0 Å². The third-order valence-electron chi connectivity index (χ3n) is 2.92. The third-order valence-corrected chi connectivity index (χ3v) is 3.91. The molecule has 102 valence electrons. The smallest absolute Gasteiger partial charge is 0.205 e. The SMILES string of the molecule is COc1ccc(SCc2nc3c(N)cccc3o2)cc1. The van der Waals surface area contributed by atoms with Crippen molar-refractivity contribution < 1.29 is 9.15 Å². The van der Waals surface area contributed by atoms with E-state index in [-0.39, 0.29) is 0 Å². The highest BCUT2D eigenvalue weighted by atomic mass is 32.2. The molecule has 0 amide bonds. The number of para-hydroxylation sites is 1. The Morgan fingerprint density at radius 1 is 1.20 bits per heavy atom. The van der Waals surface area contributed by atoms with Crippen molar-refractivity contribution in [3.05, 3.63) is 48.4 Å². The number of nitrogens with zero attached hydrogens (tertiary/aromatic N) is 1. The molecule has 0 saturated carbocycles. The van der Waals surface area contributed by atoms with E-state index in [0.717, 1.165) is 21.7 Å². The van der Waals surface area contributed by atoms with Gasteiger partial charge in [0.25, 0.3) is 0 Å². The number of aromatic nitrogens is 1. The predicted octanol–water partition coefficient (Wildman–Crippen LogP) is 3.71. The van der Waals surface area contributed by atoms with E-state index in [2.05, 4.69) is 4.98 Å². The maximum atomic E-state index is 5.87. The summed E-state index contributed by atoms with van der Waals surface area (Å²) in [5, 5.41) is 0. The van der Waals surface area contributed by atoms with Gasteiger partial charge in [0.2, 0.25) is 5.89 Å². The molecule has 0 atom stereocenters. The zero-order valence-electron chi connectivity index (χ0n) is 11.0. The lowest BCUT2D eigenvalue weighted by molar-refractivity contribution is 0.414. The maximum Gasteiger partial charge on any atom is 0.205 e. The molecule has 3 rings (SSSR count). The fraction of sp³-hybridized carbons (Fsp3) is 0.133. The number of thioether (sulfide) groups is 1. The van der Waals surface area contributed by atoms with Crippen LogP contribution in [0.25, 0.3) is 11.1 Å². The number of nitrogen functional groups attached to an aromatic ring is 1. The van der Waals surface area contributed by atoms with Gasteiger partial charge in [-0.2, -0.15) is 0 Å². The Labute approximate surface area is 120 Å². The zero-order chi connectivity index (χ0) is 13.9. The summed E-state index contributed by atoms with van der Waals surface area (Å²) in [6, 6.07) is 13.5. The first kappa shape index (κ1) is 12.9. The molecule has 0 aliphatic heterocycles. The van der Waals surface area contributed by atoms with Crippen molar-refractivity contribution in [3.63, 3.8) is 0 Å². The minimum Gasteiger partial charge on any atom is -0.497 e. The number of hydrogen-bond donors (Lipinski definition) is 1. The highest BCUT2D eigenvalue weighted by molar-refractivity contribution is 7.98. The van der Waals surface area contributed by atoms with Gasteiger partial charge < -0.3 is 14.9 Å². The number of anilines is 1. The fourth-order valence-corrected chi connectivity index (χ4v) is 2.64. The lowest BCUT2D eigenvalue weighted by atomic mass is 10.3. The van der Waals surface area contributed by atoms with Crippen molar-refractivity contribution in [2.75, 3.05) is 12.8 Å². The van der Waals surface area contributed by atoms with E-state index in [1.54, 1.807) is 18.9 Å². The Balaban J connectivity index is 1.74. The first-order chi connectivity index (χ1) is 9.76. The molecule has 0 aliphatic carbocycles. The van der Waals surface area contributed by atoms with Crippen LogP contribution in [0.15, 0.2) is 51.8 Å². The molecular formula is C15H14N2O2S. The molecule has 1 heterocycles. The number of nitrogens with two attached hydrogens (primary N) is 1. The van der Waals surface area contributed by atoms with E-state index in [0.29, 0.717) is 17.3 Å². The van der Waals surface area contributed by atoms with Crippen LogP contribution in [0.5, 0.6) is 5.75 Å². The number of ether oxygens (including phenoxy) is 1. The standard InChI is InChI=1S/C15H14N2O2S/c1-18-10-5-7-11(8-6-10)20-9-14-17-15-12(16)3-2-4-13(15)19-14/h2-8H,9,16H2,1H3. The Morgan fingerprint density at radius 3 is 2.70 bits per heavy atom. The van der Waals surface area contributed by atoms with Gasteiger partial charge in [-0.25, -0.2) is 4.98 Å². The van der Waals surface area contributed by atoms with E-state index in [9.17, 15) is 0 Å². The van der Waals surface area contributed by atoms with Crippen LogP contribution >= 0.6 is 11.8 Å². The fourth-order valence-electron chi connectivity index (χ4n) is 1.89. The monoisotopic (exact) mass is 286 g/mol. The second-order valence-corrected chi connectivity index (χ2v) is 5.31. The second-order valence-electron chi connectivity index (χ2n) is 4.27. The summed E-state index contributed by atoms with van der Waals surface area (Å²) in [5.74, 6) is 2.20. The van der Waals surface area contributed by atoms with Gasteiger partial charge in [0, 0.05) is 4.90 Å². The molecule has 5 heteroatoms. The largest absolute Gasteiger partial charge is 0.497 e. The summed E-state index contributed by atoms with van der Waals surface area (Å²) in [7, 11) is 1.66. The zero-order valence-corrected chi connectivity index (χ0v) is 11.8. The highest BCUT2D eigenvalue weighted by Gasteiger charge is 2.08. The van der Waals surface area contributed by atoms with Gasteiger partial charge in [0.15, 0.2) is 5.58 Å². The quantitative estimate of drug-likeness (QED) is 0.585. The summed E-state index contributed by atoms with van der Waals surface area (Å²) in [6.07, 6.45) is 0. The van der Waals surface area contributed by atoms with Gasteiger partial charge in [0.05, 0.1) is 18.6 Å². The lowest BCUT2D eigenvalue weighted by Gasteiger charge is -2.01. The maximum absolute atomic E-state index is 5.87. The van der Waals surface area contributed by atoms with E-state index < -0.39 is 0 Å². The lowest BCUT2D eigenvalue weighted by Crippen LogP contribution is -1.86. The van der Waals surface area contributed by atoms with Crippen molar-refractivity contribution >= 4 is 28.5 Å². The van der Waals surface area contributed by atoms with Gasteiger partial charge >= 0.3 is 0 Å². The average molecular weight is 286 g/mol. The van der Waals surface area contributed by atoms with Gasteiger partial charge in [0.1, 0.15) is 11.3 Å². The topological polar surface area (TPSA) is 61.3 Å². The Bertz CT molecular complexity index is 722. The molecule has 0 spiro atoms. The molecule has 0 fully saturated rings. The first-order valence-corrected chi connectivity index (χ1v) is 7.15. The molecule has 0 aliphatic rings. The van der Waals surface area contributed by atoms with E-state index in [1.807, 2.05) is 42.5 Å². The van der Waals surface area contributed by atoms with E-state index in [4.69, 9.17) is 14.9 Å². The van der Waals surface area contributed by atoms with Crippen LogP contribution in [0.3, 0.4) is 0 Å². The summed E-state index contributed by atoms with van der Waals surface area (Å²) in [6.45, 7) is 0. The van der Waals surface area contributed by atoms with Gasteiger partial charge in [-0.05, 0) is 36.4 Å². The average Bonchev–Trinajstić information content (AvgIpc) is 2.90. The number of oxazole rings is 1. The molecule has 20 heavy (non-hydrogen) atoms. The number of benzene rings is 2. The number of methoxy groups -OCH3 is 1. The molecular weight excluding hydrogens is 272 g/mol. The molecule has 0 radical (unpaired) electrons. The first-order valence-electron chi connectivity index (χ1n) is 6.17. The summed E-state index contributed by atoms with van der Waals surface area (Å²) in [4.78, 5) is 5.56. The van der Waals surface area contributed by atoms with E-state index >= 15 is 0 Å². The third kappa shape index (κ3) is 2.58. The Kier molecular flexibility index (Phi) is 3.52. The molecule has 0 bridgehead atoms. The van der Waals surface area contributed by atoms with Crippen molar-refractivity contribution in [1.29, 1.82) is 0 Å². The minimum atomic E-state index is 0.645. The van der Waals surface area contributed by atoms with Gasteiger partial charge in [-0.1, -0.05) is 6.07 Å². The van der Waals surface area contributed by atoms with Gasteiger partial charge in [-0.15, -0.1) is 11.8 Å². The molecule has 0 saturated heterocycles. The number of hydrogen-bond acceptors (Lipinski definition) is 5. The van der Waals surface area contributed by atoms with Crippen molar-refractivity contribution in [1.82, 2.24) is 4.98 Å². The van der Waals surface area contributed by atoms with Gasteiger partial charge in [-0.3, -0.25) is 0 Å². The molecule has 2 N–H and O–H groups in total. The molecule has 1 aromatic heterocycles. The van der Waals surface area contributed by atoms with Crippen molar-refractivity contribution in [2.45, 2.75) is 10.6 Å². The summed E-state index contributed by atoms with van der Waals surface area (Å²) < 4.78 is 10.8. The number of rotatable bonds is 4. The second kappa shape index (κ2) is 5.46. The van der Waals surface area contributed by atoms with Crippen LogP contribution in [0.2, 0.25) is 0 Å². The molecule has 0 unspecified atom stereocenters. The number of fused-ring (bicyclic) bond motifs is 1. The summed E-state index contributed by atoms with van der Waals surface area (Å²) >= 11 is 1.66. The summed E-state index contributed by atoms with van der Waals surface area (Å²) in [5.41, 5.74) is 7.98. The van der Waals surface area contributed by atoms with Crippen LogP contribution in [-0.4, -0.2) is 12.1 Å². The predicted molar refractivity (Wildman–Crippen MR) is 81.0 cm³/mol. The van der Waals surface area contributed by atoms with Crippen LogP contribution in [0, 0.1) is 0 Å². The molecule has 2 aromatic carbocycles. The molecule has 3 aromatic rings. The Morgan fingerprint density at radius 2 is 2.00 bits per heavy atom. The highest BCUT2D eigenvalue weighted by Crippen LogP contribution is 2.27. The van der Waals surface area contributed by atoms with E-state index in [1.165, 1.54) is 0 Å². The van der Waals surface area contributed by atoms with Crippen LogP contribution in [0.4, 0.5) is 5.69 Å². The normalized spacial score (nSPS) is 10.8. The molecule has 4 nitrogen and oxygen atoms in total. The van der Waals surface area contributed by atoms with Crippen molar-refractivity contribution in [3.8, 4) is 5.75 Å². The minimum absolute atomic E-state index is 0.645. The van der Waals surface area contributed by atoms with Crippen LogP contribution < -0.4 is 10.5 Å². The van der Waals surface area contributed by atoms with Crippen LogP contribution in [0.1, 0.15) is 5.89 Å².